The van der Waals surface area contributed by atoms with Crippen molar-refractivity contribution in [3.05, 3.63) is 41.8 Å². The van der Waals surface area contributed by atoms with Gasteiger partial charge in [0.1, 0.15) is 10.7 Å². The van der Waals surface area contributed by atoms with E-state index >= 15 is 0 Å². The molecule has 0 amide bonds. The Morgan fingerprint density at radius 1 is 1.33 bits per heavy atom. The number of benzene rings is 1. The van der Waals surface area contributed by atoms with Crippen molar-refractivity contribution in [2.45, 2.75) is 30.7 Å². The van der Waals surface area contributed by atoms with E-state index in [9.17, 15) is 12.8 Å². The van der Waals surface area contributed by atoms with Crippen LogP contribution < -0.4 is 10.0 Å². The first-order chi connectivity index (χ1) is 10.9. The van der Waals surface area contributed by atoms with Crippen LogP contribution >= 0.6 is 12.4 Å². The molecule has 1 aromatic heterocycles. The van der Waals surface area contributed by atoms with Crippen molar-refractivity contribution in [2.24, 2.45) is 0 Å². The average molecular weight is 379 g/mol. The van der Waals surface area contributed by atoms with E-state index in [0.717, 1.165) is 6.07 Å². The van der Waals surface area contributed by atoms with E-state index in [2.05, 4.69) is 20.2 Å². The van der Waals surface area contributed by atoms with Gasteiger partial charge in [-0.3, -0.25) is 0 Å². The molecule has 0 spiro atoms. The number of likely N-dealkylation sites (N-methyl/N-ethyl adjacent to an activating group) is 1. The van der Waals surface area contributed by atoms with E-state index in [1.165, 1.54) is 18.2 Å². The first-order valence-electron chi connectivity index (χ1n) is 7.15. The minimum absolute atomic E-state index is 0. The number of sulfonamides is 1. The van der Waals surface area contributed by atoms with Crippen LogP contribution in [-0.4, -0.2) is 38.2 Å². The molecule has 134 valence electrons. The predicted octanol–water partition coefficient (Wildman–Crippen LogP) is 1.30. The maximum absolute atomic E-state index is 13.5. The lowest BCUT2D eigenvalue weighted by Crippen LogP contribution is -2.27. The van der Waals surface area contributed by atoms with E-state index in [0.29, 0.717) is 18.1 Å². The van der Waals surface area contributed by atoms with Gasteiger partial charge in [0, 0.05) is 25.4 Å². The third kappa shape index (κ3) is 5.52. The monoisotopic (exact) mass is 378 g/mol. The molecule has 1 unspecified atom stereocenters. The topological polar surface area (TPSA) is 97.1 Å². The van der Waals surface area contributed by atoms with Gasteiger partial charge in [0.25, 0.3) is 0 Å². The van der Waals surface area contributed by atoms with E-state index in [-0.39, 0.29) is 36.3 Å². The lowest BCUT2D eigenvalue weighted by molar-refractivity contribution is 0.371. The van der Waals surface area contributed by atoms with Gasteiger partial charge in [-0.25, -0.2) is 17.5 Å². The Hall–Kier alpha value is -1.55. The lowest BCUT2D eigenvalue weighted by Gasteiger charge is -2.06. The first kappa shape index (κ1) is 20.5. The smallest absolute Gasteiger partial charge is 0.243 e. The Morgan fingerprint density at radius 2 is 2.04 bits per heavy atom. The standard InChI is InChI=1S/C14H19FN4O3S.ClH/c1-10(16-2)9-13-18-14(22-19-13)7-8-17-23(20,21)12-6-4-3-5-11(12)15;/h3-6,10,16-17H,7-9H2,1-2H3;1H. The van der Waals surface area contributed by atoms with Gasteiger partial charge in [0.05, 0.1) is 0 Å². The minimum atomic E-state index is -3.90. The molecule has 2 N–H and O–H groups in total. The van der Waals surface area contributed by atoms with Crippen LogP contribution in [-0.2, 0) is 22.9 Å². The van der Waals surface area contributed by atoms with E-state index in [1.807, 2.05) is 14.0 Å². The second kappa shape index (κ2) is 9.07. The number of hydrogen-bond acceptors (Lipinski definition) is 6. The van der Waals surface area contributed by atoms with Crippen LogP contribution in [0.4, 0.5) is 4.39 Å². The van der Waals surface area contributed by atoms with Crippen molar-refractivity contribution in [1.82, 2.24) is 20.2 Å². The molecule has 0 saturated carbocycles. The highest BCUT2D eigenvalue weighted by Crippen LogP contribution is 2.13. The number of halogens is 2. The van der Waals surface area contributed by atoms with Gasteiger partial charge < -0.3 is 9.84 Å². The SMILES string of the molecule is CNC(C)Cc1noc(CCNS(=O)(=O)c2ccccc2F)n1.Cl. The fraction of sp³-hybridized carbons (Fsp3) is 0.429. The zero-order chi connectivity index (χ0) is 16.9. The predicted molar refractivity (Wildman–Crippen MR) is 89.1 cm³/mol. The third-order valence-corrected chi connectivity index (χ3v) is 4.74. The normalized spacial score (nSPS) is 12.6. The summed E-state index contributed by atoms with van der Waals surface area (Å²) in [6.07, 6.45) is 0.843. The first-order valence-corrected chi connectivity index (χ1v) is 8.63. The van der Waals surface area contributed by atoms with Crippen molar-refractivity contribution in [2.75, 3.05) is 13.6 Å². The summed E-state index contributed by atoms with van der Waals surface area (Å²) in [4.78, 5) is 3.80. The summed E-state index contributed by atoms with van der Waals surface area (Å²) < 4.78 is 44.9. The number of aromatic nitrogens is 2. The summed E-state index contributed by atoms with van der Waals surface area (Å²) in [5.41, 5.74) is 0. The van der Waals surface area contributed by atoms with E-state index in [1.54, 1.807) is 0 Å². The van der Waals surface area contributed by atoms with Gasteiger partial charge in [0.2, 0.25) is 15.9 Å². The van der Waals surface area contributed by atoms with Crippen LogP contribution in [0.15, 0.2) is 33.7 Å². The zero-order valence-electron chi connectivity index (χ0n) is 13.3. The molecule has 2 rings (SSSR count). The van der Waals surface area contributed by atoms with Crippen molar-refractivity contribution >= 4 is 22.4 Å². The average Bonchev–Trinajstić information content (AvgIpc) is 2.94. The molecule has 2 aromatic rings. The summed E-state index contributed by atoms with van der Waals surface area (Å²) in [5.74, 6) is 0.0967. The van der Waals surface area contributed by atoms with E-state index < -0.39 is 15.8 Å². The van der Waals surface area contributed by atoms with Crippen LogP contribution in [0.5, 0.6) is 0 Å². The summed E-state index contributed by atoms with van der Waals surface area (Å²) in [7, 11) is -2.07. The van der Waals surface area contributed by atoms with Crippen LogP contribution in [0.25, 0.3) is 0 Å². The molecule has 1 aromatic carbocycles. The van der Waals surface area contributed by atoms with Crippen LogP contribution in [0, 0.1) is 5.82 Å². The fourth-order valence-corrected chi connectivity index (χ4v) is 2.99. The Balaban J connectivity index is 0.00000288. The van der Waals surface area contributed by atoms with Crippen molar-refractivity contribution in [3.8, 4) is 0 Å². The molecule has 7 nitrogen and oxygen atoms in total. The number of nitrogens with one attached hydrogen (secondary N) is 2. The van der Waals surface area contributed by atoms with Crippen molar-refractivity contribution in [3.63, 3.8) is 0 Å². The molecule has 1 atom stereocenters. The quantitative estimate of drug-likeness (QED) is 0.718. The molecule has 0 fully saturated rings. The van der Waals surface area contributed by atoms with Crippen molar-refractivity contribution < 1.29 is 17.3 Å². The third-order valence-electron chi connectivity index (χ3n) is 3.25. The van der Waals surface area contributed by atoms with Gasteiger partial charge in [-0.2, -0.15) is 4.98 Å². The van der Waals surface area contributed by atoms with Gasteiger partial charge in [-0.1, -0.05) is 17.3 Å². The maximum Gasteiger partial charge on any atom is 0.243 e. The van der Waals surface area contributed by atoms with Crippen molar-refractivity contribution in [1.29, 1.82) is 0 Å². The highest BCUT2D eigenvalue weighted by atomic mass is 35.5. The zero-order valence-corrected chi connectivity index (χ0v) is 15.0. The Morgan fingerprint density at radius 3 is 2.71 bits per heavy atom. The summed E-state index contributed by atoms with van der Waals surface area (Å²) in [6.45, 7) is 2.03. The highest BCUT2D eigenvalue weighted by molar-refractivity contribution is 7.89. The largest absolute Gasteiger partial charge is 0.339 e. The molecule has 0 aliphatic carbocycles. The molecule has 0 bridgehead atoms. The van der Waals surface area contributed by atoms with Crippen LogP contribution in [0.1, 0.15) is 18.6 Å². The fourth-order valence-electron chi connectivity index (χ4n) is 1.88. The van der Waals surface area contributed by atoms with Gasteiger partial charge in [0.15, 0.2) is 5.82 Å². The molecule has 0 radical (unpaired) electrons. The molecule has 10 heteroatoms. The highest BCUT2D eigenvalue weighted by Gasteiger charge is 2.18. The molecule has 0 saturated heterocycles. The van der Waals surface area contributed by atoms with Gasteiger partial charge in [-0.15, -0.1) is 12.4 Å². The second-order valence-corrected chi connectivity index (χ2v) is 6.81. The minimum Gasteiger partial charge on any atom is -0.339 e. The van der Waals surface area contributed by atoms with Crippen LogP contribution in [0.3, 0.4) is 0 Å². The van der Waals surface area contributed by atoms with Crippen LogP contribution in [0.2, 0.25) is 0 Å². The lowest BCUT2D eigenvalue weighted by atomic mass is 10.2. The molecule has 0 aliphatic rings. The summed E-state index contributed by atoms with van der Waals surface area (Å²) >= 11 is 0. The van der Waals surface area contributed by atoms with Gasteiger partial charge in [-0.05, 0) is 26.1 Å². The maximum atomic E-state index is 13.5. The molecular formula is C14H20ClFN4O3S. The molecule has 0 aliphatic heterocycles. The number of rotatable bonds is 8. The summed E-state index contributed by atoms with van der Waals surface area (Å²) in [6, 6.07) is 5.41. The molecular weight excluding hydrogens is 359 g/mol. The Bertz CT molecular complexity index is 754. The molecule has 24 heavy (non-hydrogen) atoms. The number of nitrogens with zero attached hydrogens (tertiary/aromatic N) is 2. The second-order valence-electron chi connectivity index (χ2n) is 5.08. The summed E-state index contributed by atoms with van der Waals surface area (Å²) in [5, 5.41) is 6.89. The molecule has 1 heterocycles. The Kier molecular flexibility index (Phi) is 7.74. The Labute approximate surface area is 146 Å². The number of hydrogen-bond donors (Lipinski definition) is 2. The van der Waals surface area contributed by atoms with E-state index in [4.69, 9.17) is 4.52 Å². The van der Waals surface area contributed by atoms with Gasteiger partial charge >= 0.3 is 0 Å².